The van der Waals surface area contributed by atoms with Gasteiger partial charge >= 0.3 is 5.97 Å². The molecule has 2 unspecified atom stereocenters. The van der Waals surface area contributed by atoms with Gasteiger partial charge in [-0.1, -0.05) is 50.1 Å². The summed E-state index contributed by atoms with van der Waals surface area (Å²) in [5, 5.41) is 19.7. The zero-order chi connectivity index (χ0) is 24.2. The van der Waals surface area contributed by atoms with E-state index in [-0.39, 0.29) is 11.7 Å². The molecule has 6 nitrogen and oxygen atoms in total. The number of aromatic nitrogens is 1. The summed E-state index contributed by atoms with van der Waals surface area (Å²) < 4.78 is 31.9. The molecular weight excluding hydrogens is 444 g/mol. The average Bonchev–Trinajstić information content (AvgIpc) is 2.76. The van der Waals surface area contributed by atoms with Crippen LogP contribution in [0.15, 0.2) is 48.5 Å². The van der Waals surface area contributed by atoms with E-state index in [1.54, 1.807) is 12.1 Å². The van der Waals surface area contributed by atoms with E-state index in [1.807, 2.05) is 38.1 Å². The molecular formula is C25H25FNO5P. The fourth-order valence-corrected chi connectivity index (χ4v) is 4.84. The van der Waals surface area contributed by atoms with Crippen LogP contribution in [-0.2, 0) is 13.9 Å². The molecule has 0 aliphatic carbocycles. The zero-order valence-corrected chi connectivity index (χ0v) is 19.5. The SMILES string of the molecule is COP(=O)(C#Cc1c(C(C)C)nc2ccccc2c1-c1ccc(F)cc1)CC(O)CC(=O)O. The van der Waals surface area contributed by atoms with Crippen molar-refractivity contribution in [2.24, 2.45) is 0 Å². The molecule has 0 saturated heterocycles. The first kappa shape index (κ1) is 24.6. The lowest BCUT2D eigenvalue weighted by atomic mass is 9.91. The molecule has 172 valence electrons. The first-order valence-electron chi connectivity index (χ1n) is 10.4. The number of benzene rings is 2. The monoisotopic (exact) mass is 469 g/mol. The fraction of sp³-hybridized carbons (Fsp3) is 0.280. The van der Waals surface area contributed by atoms with Crippen LogP contribution in [0.1, 0.15) is 37.4 Å². The number of rotatable bonds is 7. The Kier molecular flexibility index (Phi) is 7.65. The third kappa shape index (κ3) is 5.85. The lowest BCUT2D eigenvalue weighted by Gasteiger charge is -2.17. The predicted octanol–water partition coefficient (Wildman–Crippen LogP) is 5.23. The molecule has 1 aromatic heterocycles. The van der Waals surface area contributed by atoms with Gasteiger partial charge in [-0.25, -0.2) is 4.39 Å². The molecule has 0 radical (unpaired) electrons. The Labute approximate surface area is 191 Å². The molecule has 0 aliphatic heterocycles. The van der Waals surface area contributed by atoms with Crippen molar-refractivity contribution in [1.29, 1.82) is 0 Å². The number of para-hydroxylation sites is 1. The van der Waals surface area contributed by atoms with Gasteiger partial charge in [0.25, 0.3) is 7.37 Å². The van der Waals surface area contributed by atoms with Crippen LogP contribution in [0.4, 0.5) is 4.39 Å². The molecule has 0 spiro atoms. The molecule has 0 saturated carbocycles. The third-order valence-electron chi connectivity index (χ3n) is 5.11. The van der Waals surface area contributed by atoms with Crippen LogP contribution in [0.5, 0.6) is 0 Å². The van der Waals surface area contributed by atoms with Gasteiger partial charge in [0, 0.05) is 18.1 Å². The van der Waals surface area contributed by atoms with Crippen LogP contribution in [0, 0.1) is 17.4 Å². The van der Waals surface area contributed by atoms with Crippen molar-refractivity contribution in [3.8, 4) is 22.7 Å². The van der Waals surface area contributed by atoms with E-state index >= 15 is 0 Å². The summed E-state index contributed by atoms with van der Waals surface area (Å²) in [6, 6.07) is 13.5. The van der Waals surface area contributed by atoms with Crippen molar-refractivity contribution in [2.45, 2.75) is 32.3 Å². The predicted molar refractivity (Wildman–Crippen MR) is 126 cm³/mol. The molecule has 0 aliphatic rings. The summed E-state index contributed by atoms with van der Waals surface area (Å²) in [5.41, 5.74) is 6.06. The van der Waals surface area contributed by atoms with Gasteiger partial charge in [-0.15, -0.1) is 0 Å². The highest BCUT2D eigenvalue weighted by molar-refractivity contribution is 7.64. The van der Waals surface area contributed by atoms with Crippen LogP contribution in [0.3, 0.4) is 0 Å². The quantitative estimate of drug-likeness (QED) is 0.363. The largest absolute Gasteiger partial charge is 0.481 e. The summed E-state index contributed by atoms with van der Waals surface area (Å²) in [6.45, 7) is 3.92. The minimum Gasteiger partial charge on any atom is -0.481 e. The molecule has 0 amide bonds. The molecule has 2 aromatic carbocycles. The molecule has 8 heteroatoms. The number of hydrogen-bond acceptors (Lipinski definition) is 5. The highest BCUT2D eigenvalue weighted by atomic mass is 31.2. The summed E-state index contributed by atoms with van der Waals surface area (Å²) in [4.78, 5) is 15.6. The van der Waals surface area contributed by atoms with Gasteiger partial charge in [0.1, 0.15) is 5.82 Å². The number of nitrogens with zero attached hydrogens (tertiary/aromatic N) is 1. The van der Waals surface area contributed by atoms with Crippen LogP contribution in [0.25, 0.3) is 22.0 Å². The van der Waals surface area contributed by atoms with Gasteiger partial charge in [-0.3, -0.25) is 14.3 Å². The molecule has 1 heterocycles. The van der Waals surface area contributed by atoms with Gasteiger partial charge in [0.15, 0.2) is 0 Å². The Hall–Kier alpha value is -3.04. The Balaban J connectivity index is 2.25. The summed E-state index contributed by atoms with van der Waals surface area (Å²) in [7, 11) is -2.46. The topological polar surface area (TPSA) is 96.7 Å². The number of fused-ring (bicyclic) bond motifs is 1. The van der Waals surface area contributed by atoms with Gasteiger partial charge < -0.3 is 14.7 Å². The zero-order valence-electron chi connectivity index (χ0n) is 18.6. The maximum atomic E-state index is 13.6. The summed E-state index contributed by atoms with van der Waals surface area (Å²) >= 11 is 0. The number of carboxylic acids is 1. The van der Waals surface area contributed by atoms with Crippen molar-refractivity contribution in [2.75, 3.05) is 13.3 Å². The highest BCUT2D eigenvalue weighted by Crippen LogP contribution is 2.46. The number of pyridine rings is 1. The Morgan fingerprint density at radius 3 is 2.45 bits per heavy atom. The number of aliphatic carboxylic acids is 1. The highest BCUT2D eigenvalue weighted by Gasteiger charge is 2.26. The van der Waals surface area contributed by atoms with Gasteiger partial charge in [0.2, 0.25) is 0 Å². The second kappa shape index (κ2) is 10.3. The van der Waals surface area contributed by atoms with Crippen molar-refractivity contribution in [1.82, 2.24) is 4.98 Å². The molecule has 0 fully saturated rings. The second-order valence-corrected chi connectivity index (χ2v) is 10.3. The van der Waals surface area contributed by atoms with Crippen molar-refractivity contribution < 1.29 is 28.5 Å². The maximum absolute atomic E-state index is 13.6. The average molecular weight is 469 g/mol. The maximum Gasteiger partial charge on any atom is 0.305 e. The van der Waals surface area contributed by atoms with Gasteiger partial charge in [0.05, 0.1) is 35.5 Å². The molecule has 2 atom stereocenters. The van der Waals surface area contributed by atoms with Crippen molar-refractivity contribution in [3.63, 3.8) is 0 Å². The second-order valence-electron chi connectivity index (χ2n) is 7.95. The normalized spacial score (nSPS) is 13.9. The Morgan fingerprint density at radius 1 is 1.18 bits per heavy atom. The van der Waals surface area contributed by atoms with E-state index < -0.39 is 32.0 Å². The molecule has 3 rings (SSSR count). The molecule has 0 bridgehead atoms. The molecule has 33 heavy (non-hydrogen) atoms. The van der Waals surface area contributed by atoms with E-state index in [0.717, 1.165) is 22.0 Å². The van der Waals surface area contributed by atoms with Crippen LogP contribution in [-0.4, -0.2) is 40.5 Å². The lowest BCUT2D eigenvalue weighted by Crippen LogP contribution is -2.17. The standard InChI is InChI=1S/C25H25FNO5P/c1-16(2)25-21(12-13-33(31,32-3)15-19(28)14-23(29)30)24(17-8-10-18(26)11-9-17)20-6-4-5-7-22(20)27-25/h4-11,16,19,28H,14-15H2,1-3H3,(H,29,30). The number of aliphatic hydroxyl groups is 1. The van der Waals surface area contributed by atoms with Crippen LogP contribution in [0.2, 0.25) is 0 Å². The van der Waals surface area contributed by atoms with E-state index in [1.165, 1.54) is 19.2 Å². The number of carbonyl (C=O) groups is 1. The minimum atomic E-state index is -3.67. The van der Waals surface area contributed by atoms with E-state index in [9.17, 15) is 18.9 Å². The number of hydrogen-bond donors (Lipinski definition) is 2. The molecule has 2 N–H and O–H groups in total. The van der Waals surface area contributed by atoms with Crippen molar-refractivity contribution >= 4 is 24.2 Å². The number of aliphatic hydroxyl groups excluding tert-OH is 1. The first-order valence-corrected chi connectivity index (χ1v) is 12.2. The molecule has 3 aromatic rings. The van der Waals surface area contributed by atoms with E-state index in [0.29, 0.717) is 11.3 Å². The lowest BCUT2D eigenvalue weighted by molar-refractivity contribution is -0.138. The smallest absolute Gasteiger partial charge is 0.305 e. The van der Waals surface area contributed by atoms with E-state index in [2.05, 4.69) is 11.6 Å². The Morgan fingerprint density at radius 2 is 1.85 bits per heavy atom. The summed E-state index contributed by atoms with van der Waals surface area (Å²) in [5.74, 6) is 1.35. The van der Waals surface area contributed by atoms with E-state index in [4.69, 9.17) is 14.6 Å². The van der Waals surface area contributed by atoms with Gasteiger partial charge in [-0.05, 0) is 35.3 Å². The fourth-order valence-electron chi connectivity index (χ4n) is 3.54. The minimum absolute atomic E-state index is 0.0300. The summed E-state index contributed by atoms with van der Waals surface area (Å²) in [6.07, 6.45) is -2.34. The third-order valence-corrected chi connectivity index (χ3v) is 7.05. The Bertz CT molecular complexity index is 1280. The van der Waals surface area contributed by atoms with Crippen molar-refractivity contribution in [3.05, 3.63) is 65.6 Å². The van der Waals surface area contributed by atoms with Crippen LogP contribution >= 0.6 is 7.37 Å². The van der Waals surface area contributed by atoms with Crippen LogP contribution < -0.4 is 0 Å². The van der Waals surface area contributed by atoms with Gasteiger partial charge in [-0.2, -0.15) is 0 Å². The number of carboxylic acid groups (broad SMARTS) is 1. The number of halogens is 1. The first-order chi connectivity index (χ1) is 15.6.